The second-order valence-electron chi connectivity index (χ2n) is 5.76. The highest BCUT2D eigenvalue weighted by molar-refractivity contribution is 6.03. The van der Waals surface area contributed by atoms with Crippen LogP contribution in [0.5, 0.6) is 11.5 Å². The van der Waals surface area contributed by atoms with Crippen LogP contribution in [0.2, 0.25) is 0 Å². The summed E-state index contributed by atoms with van der Waals surface area (Å²) in [6.45, 7) is 2.64. The molecule has 1 aliphatic rings. The maximum atomic E-state index is 12.2. The van der Waals surface area contributed by atoms with Gasteiger partial charge < -0.3 is 20.1 Å². The van der Waals surface area contributed by atoms with Crippen molar-refractivity contribution in [2.24, 2.45) is 0 Å². The molecule has 3 rings (SSSR count). The van der Waals surface area contributed by atoms with Crippen LogP contribution in [0.15, 0.2) is 48.5 Å². The molecule has 0 unspecified atom stereocenters. The maximum Gasteiger partial charge on any atom is 0.262 e. The molecular formula is C20H20N2O4. The highest BCUT2D eigenvalue weighted by atomic mass is 16.5. The maximum absolute atomic E-state index is 12.2. The third-order valence-corrected chi connectivity index (χ3v) is 3.68. The molecule has 0 saturated carbocycles. The molecule has 0 saturated heterocycles. The quantitative estimate of drug-likeness (QED) is 0.781. The van der Waals surface area contributed by atoms with Crippen LogP contribution in [0.1, 0.15) is 18.9 Å². The summed E-state index contributed by atoms with van der Waals surface area (Å²) < 4.78 is 11.0. The standard InChI is InChI=1S/C20H20N2O4/c1-2-11-25-17-6-4-3-5-14(17)7-10-19(23)21-15-8-9-16-18(12-15)26-13-20(24)22-16/h3-10,12H,2,11,13H2,1H3,(H,21,23)(H,22,24)/b10-7+. The van der Waals surface area contributed by atoms with E-state index < -0.39 is 0 Å². The molecule has 6 heteroatoms. The van der Waals surface area contributed by atoms with Crippen LogP contribution in [0.4, 0.5) is 11.4 Å². The monoisotopic (exact) mass is 352 g/mol. The van der Waals surface area contributed by atoms with Gasteiger partial charge in [0.2, 0.25) is 5.91 Å². The number of carbonyl (C=O) groups excluding carboxylic acids is 2. The SMILES string of the molecule is CCCOc1ccccc1/C=C/C(=O)Nc1ccc2c(c1)OCC(=O)N2. The topological polar surface area (TPSA) is 76.7 Å². The van der Waals surface area contributed by atoms with Gasteiger partial charge in [0.1, 0.15) is 11.5 Å². The Morgan fingerprint density at radius 1 is 1.31 bits per heavy atom. The minimum Gasteiger partial charge on any atom is -0.493 e. The summed E-state index contributed by atoms with van der Waals surface area (Å²) in [5, 5.41) is 5.48. The number of rotatable bonds is 6. The van der Waals surface area contributed by atoms with E-state index in [-0.39, 0.29) is 18.4 Å². The summed E-state index contributed by atoms with van der Waals surface area (Å²) in [5.41, 5.74) is 2.02. The summed E-state index contributed by atoms with van der Waals surface area (Å²) >= 11 is 0. The number of amides is 2. The lowest BCUT2D eigenvalue weighted by Crippen LogP contribution is -2.25. The van der Waals surface area contributed by atoms with Crippen LogP contribution in [0.3, 0.4) is 0 Å². The van der Waals surface area contributed by atoms with Crippen molar-refractivity contribution >= 4 is 29.3 Å². The molecule has 0 radical (unpaired) electrons. The van der Waals surface area contributed by atoms with Crippen LogP contribution >= 0.6 is 0 Å². The molecule has 0 aromatic heterocycles. The predicted octanol–water partition coefficient (Wildman–Crippen LogP) is 3.46. The average Bonchev–Trinajstić information content (AvgIpc) is 2.65. The molecule has 0 spiro atoms. The van der Waals surface area contributed by atoms with Crippen LogP contribution in [-0.2, 0) is 9.59 Å². The van der Waals surface area contributed by atoms with Gasteiger partial charge in [0.15, 0.2) is 6.61 Å². The van der Waals surface area contributed by atoms with E-state index in [1.165, 1.54) is 6.08 Å². The fourth-order valence-electron chi connectivity index (χ4n) is 2.46. The minimum atomic E-state index is -0.268. The first-order chi connectivity index (χ1) is 12.7. The van der Waals surface area contributed by atoms with Crippen molar-refractivity contribution in [2.75, 3.05) is 23.8 Å². The molecule has 0 fully saturated rings. The number of hydrogen-bond donors (Lipinski definition) is 2. The number of anilines is 2. The van der Waals surface area contributed by atoms with Crippen molar-refractivity contribution in [1.29, 1.82) is 0 Å². The number of benzene rings is 2. The summed E-state index contributed by atoms with van der Waals surface area (Å²) in [7, 11) is 0. The van der Waals surface area contributed by atoms with Gasteiger partial charge >= 0.3 is 0 Å². The van der Waals surface area contributed by atoms with Gasteiger partial charge in [0.05, 0.1) is 12.3 Å². The third kappa shape index (κ3) is 4.42. The first kappa shape index (κ1) is 17.5. The molecule has 26 heavy (non-hydrogen) atoms. The lowest BCUT2D eigenvalue weighted by Gasteiger charge is -2.18. The summed E-state index contributed by atoms with van der Waals surface area (Å²) in [5.74, 6) is 0.817. The Hall–Kier alpha value is -3.28. The first-order valence-corrected chi connectivity index (χ1v) is 8.43. The van der Waals surface area contributed by atoms with Crippen LogP contribution in [0.25, 0.3) is 6.08 Å². The van der Waals surface area contributed by atoms with E-state index >= 15 is 0 Å². The zero-order valence-corrected chi connectivity index (χ0v) is 14.5. The van der Waals surface area contributed by atoms with Crippen LogP contribution in [-0.4, -0.2) is 25.0 Å². The molecule has 6 nitrogen and oxygen atoms in total. The lowest BCUT2D eigenvalue weighted by molar-refractivity contribution is -0.118. The van der Waals surface area contributed by atoms with Gasteiger partial charge in [-0.15, -0.1) is 0 Å². The van der Waals surface area contributed by atoms with Crippen molar-refractivity contribution in [2.45, 2.75) is 13.3 Å². The molecule has 2 N–H and O–H groups in total. The zero-order chi connectivity index (χ0) is 18.4. The highest BCUT2D eigenvalue weighted by Crippen LogP contribution is 2.30. The fraction of sp³-hybridized carbons (Fsp3) is 0.200. The normalized spacial score (nSPS) is 12.9. The number of nitrogens with one attached hydrogen (secondary N) is 2. The van der Waals surface area contributed by atoms with Gasteiger partial charge in [0, 0.05) is 23.4 Å². The van der Waals surface area contributed by atoms with E-state index in [0.29, 0.717) is 23.7 Å². The van der Waals surface area contributed by atoms with Crippen molar-refractivity contribution in [3.05, 3.63) is 54.1 Å². The van der Waals surface area contributed by atoms with Crippen molar-refractivity contribution in [1.82, 2.24) is 0 Å². The lowest BCUT2D eigenvalue weighted by atomic mass is 10.2. The highest BCUT2D eigenvalue weighted by Gasteiger charge is 2.16. The molecule has 1 aliphatic heterocycles. The van der Waals surface area contributed by atoms with Gasteiger partial charge in [-0.05, 0) is 30.7 Å². The summed E-state index contributed by atoms with van der Waals surface area (Å²) in [6.07, 6.45) is 4.09. The minimum absolute atomic E-state index is 0.0289. The molecule has 134 valence electrons. The van der Waals surface area contributed by atoms with Crippen LogP contribution < -0.4 is 20.1 Å². The Morgan fingerprint density at radius 2 is 2.15 bits per heavy atom. The molecule has 2 aromatic carbocycles. The second kappa shape index (κ2) is 8.20. The van der Waals surface area contributed by atoms with Gasteiger partial charge in [-0.3, -0.25) is 9.59 Å². The molecule has 0 aliphatic carbocycles. The van der Waals surface area contributed by atoms with E-state index in [9.17, 15) is 9.59 Å². The van der Waals surface area contributed by atoms with Crippen LogP contribution in [0, 0.1) is 0 Å². The molecule has 0 bridgehead atoms. The third-order valence-electron chi connectivity index (χ3n) is 3.68. The molecule has 0 atom stereocenters. The smallest absolute Gasteiger partial charge is 0.262 e. The Balaban J connectivity index is 1.66. The Bertz CT molecular complexity index is 845. The molecule has 2 aromatic rings. The van der Waals surface area contributed by atoms with Crippen molar-refractivity contribution in [3.63, 3.8) is 0 Å². The summed E-state index contributed by atoms with van der Waals surface area (Å²) in [4.78, 5) is 23.5. The number of carbonyl (C=O) groups is 2. The van der Waals surface area contributed by atoms with E-state index in [1.807, 2.05) is 31.2 Å². The van der Waals surface area contributed by atoms with E-state index in [4.69, 9.17) is 9.47 Å². The number of ether oxygens (including phenoxy) is 2. The van der Waals surface area contributed by atoms with Gasteiger partial charge in [-0.25, -0.2) is 0 Å². The predicted molar refractivity (Wildman–Crippen MR) is 100 cm³/mol. The zero-order valence-electron chi connectivity index (χ0n) is 14.5. The Kier molecular flexibility index (Phi) is 5.53. The Labute approximate surface area is 151 Å². The Morgan fingerprint density at radius 3 is 3.00 bits per heavy atom. The van der Waals surface area contributed by atoms with E-state index in [1.54, 1.807) is 24.3 Å². The first-order valence-electron chi connectivity index (χ1n) is 8.43. The number of hydrogen-bond acceptors (Lipinski definition) is 4. The average molecular weight is 352 g/mol. The molecule has 2 amide bonds. The van der Waals surface area contributed by atoms with Crippen molar-refractivity contribution in [3.8, 4) is 11.5 Å². The number of fused-ring (bicyclic) bond motifs is 1. The fourth-order valence-corrected chi connectivity index (χ4v) is 2.46. The molecule has 1 heterocycles. The van der Waals surface area contributed by atoms with E-state index in [2.05, 4.69) is 10.6 Å². The number of para-hydroxylation sites is 1. The molecular weight excluding hydrogens is 332 g/mol. The second-order valence-corrected chi connectivity index (χ2v) is 5.76. The van der Waals surface area contributed by atoms with Gasteiger partial charge in [-0.2, -0.15) is 0 Å². The van der Waals surface area contributed by atoms with Crippen molar-refractivity contribution < 1.29 is 19.1 Å². The van der Waals surface area contributed by atoms with Gasteiger partial charge in [0.25, 0.3) is 5.91 Å². The van der Waals surface area contributed by atoms with Gasteiger partial charge in [-0.1, -0.05) is 25.1 Å². The largest absolute Gasteiger partial charge is 0.493 e. The summed E-state index contributed by atoms with van der Waals surface area (Å²) in [6, 6.07) is 12.6. The van der Waals surface area contributed by atoms with E-state index in [0.717, 1.165) is 17.7 Å².